The third-order valence-electron chi connectivity index (χ3n) is 2.90. The Morgan fingerprint density at radius 1 is 1.33 bits per heavy atom. The summed E-state index contributed by atoms with van der Waals surface area (Å²) >= 11 is 5.72. The lowest BCUT2D eigenvalue weighted by atomic mass is 10.3. The minimum absolute atomic E-state index is 0.0114. The number of hydrogen-bond acceptors (Lipinski definition) is 4. The molecule has 0 aliphatic heterocycles. The quantitative estimate of drug-likeness (QED) is 0.861. The first kappa shape index (κ1) is 15.4. The van der Waals surface area contributed by atoms with Crippen LogP contribution in [0.15, 0.2) is 29.2 Å². The molecule has 1 rings (SSSR count). The second-order valence-electron chi connectivity index (χ2n) is 4.28. The summed E-state index contributed by atoms with van der Waals surface area (Å²) in [5, 5.41) is 9.49. The van der Waals surface area contributed by atoms with Crippen molar-refractivity contribution in [2.75, 3.05) is 26.0 Å². The maximum atomic E-state index is 12.0. The van der Waals surface area contributed by atoms with Crippen molar-refractivity contribution >= 4 is 21.4 Å². The highest BCUT2D eigenvalue weighted by molar-refractivity contribution is 7.91. The lowest BCUT2D eigenvalue weighted by molar-refractivity contribution is 0.165. The molecule has 0 saturated carbocycles. The molecule has 1 aromatic carbocycles. The first-order chi connectivity index (χ1) is 8.36. The summed E-state index contributed by atoms with van der Waals surface area (Å²) in [6.45, 7) is 2.24. The van der Waals surface area contributed by atoms with Crippen molar-refractivity contribution in [3.8, 4) is 0 Å². The summed E-state index contributed by atoms with van der Waals surface area (Å²) in [6, 6.07) is 6.09. The average Bonchev–Trinajstić information content (AvgIpc) is 2.35. The molecule has 1 N–H and O–H groups in total. The molecular formula is C12H18ClNO3S. The van der Waals surface area contributed by atoms with E-state index >= 15 is 0 Å². The number of rotatable bonds is 6. The van der Waals surface area contributed by atoms with Gasteiger partial charge in [-0.25, -0.2) is 8.42 Å². The van der Waals surface area contributed by atoms with E-state index in [1.807, 2.05) is 11.8 Å². The smallest absolute Gasteiger partial charge is 0.179 e. The molecule has 4 nitrogen and oxygen atoms in total. The van der Waals surface area contributed by atoms with E-state index in [1.54, 1.807) is 19.2 Å². The van der Waals surface area contributed by atoms with Gasteiger partial charge >= 0.3 is 0 Å². The van der Waals surface area contributed by atoms with Gasteiger partial charge in [-0.15, -0.1) is 0 Å². The zero-order chi connectivity index (χ0) is 13.8. The van der Waals surface area contributed by atoms with E-state index in [0.29, 0.717) is 11.6 Å². The van der Waals surface area contributed by atoms with Gasteiger partial charge in [0.15, 0.2) is 9.84 Å². The third kappa shape index (κ3) is 4.24. The lowest BCUT2D eigenvalue weighted by Gasteiger charge is -2.22. The number of benzene rings is 1. The van der Waals surface area contributed by atoms with Crippen LogP contribution in [0.1, 0.15) is 6.92 Å². The molecule has 6 heteroatoms. The molecule has 0 aliphatic carbocycles. The third-order valence-corrected chi connectivity index (χ3v) is 4.86. The summed E-state index contributed by atoms with van der Waals surface area (Å²) in [6.07, 6.45) is 0. The van der Waals surface area contributed by atoms with Gasteiger partial charge in [-0.1, -0.05) is 11.6 Å². The standard InChI is InChI=1S/C12H18ClNO3S/c1-10(9-15)14(2)7-8-18(16,17)12-5-3-11(13)4-6-12/h3-6,10,15H,7-9H2,1-2H3. The first-order valence-electron chi connectivity index (χ1n) is 5.66. The predicted molar refractivity (Wildman–Crippen MR) is 72.7 cm³/mol. The van der Waals surface area contributed by atoms with Crippen molar-refractivity contribution in [1.29, 1.82) is 0 Å². The highest BCUT2D eigenvalue weighted by atomic mass is 35.5. The molecule has 0 fully saturated rings. The van der Waals surface area contributed by atoms with Gasteiger partial charge < -0.3 is 10.0 Å². The van der Waals surface area contributed by atoms with Gasteiger partial charge in [0.1, 0.15) is 0 Å². The number of nitrogens with zero attached hydrogens (tertiary/aromatic N) is 1. The molecule has 1 aromatic rings. The molecule has 0 aliphatic rings. The molecule has 1 atom stereocenters. The first-order valence-corrected chi connectivity index (χ1v) is 7.69. The molecular weight excluding hydrogens is 274 g/mol. The van der Waals surface area contributed by atoms with Crippen LogP contribution in [0.5, 0.6) is 0 Å². The number of aliphatic hydroxyl groups excluding tert-OH is 1. The van der Waals surface area contributed by atoms with Gasteiger partial charge in [0, 0.05) is 17.6 Å². The lowest BCUT2D eigenvalue weighted by Crippen LogP contribution is -2.35. The van der Waals surface area contributed by atoms with Crippen molar-refractivity contribution in [3.05, 3.63) is 29.3 Å². The molecule has 0 radical (unpaired) electrons. The molecule has 0 heterocycles. The van der Waals surface area contributed by atoms with Crippen LogP contribution in [-0.2, 0) is 9.84 Å². The van der Waals surface area contributed by atoms with Crippen molar-refractivity contribution in [2.45, 2.75) is 17.9 Å². The summed E-state index contributed by atoms with van der Waals surface area (Å²) in [5.41, 5.74) is 0. The van der Waals surface area contributed by atoms with Crippen molar-refractivity contribution in [2.24, 2.45) is 0 Å². The number of sulfone groups is 1. The Labute approximate surface area is 113 Å². The second-order valence-corrected chi connectivity index (χ2v) is 6.83. The van der Waals surface area contributed by atoms with Crippen LogP contribution in [0, 0.1) is 0 Å². The highest BCUT2D eigenvalue weighted by Crippen LogP contribution is 2.15. The summed E-state index contributed by atoms with van der Waals surface area (Å²) in [7, 11) is -1.51. The SMILES string of the molecule is CC(CO)N(C)CCS(=O)(=O)c1ccc(Cl)cc1. The molecule has 0 spiro atoms. The monoisotopic (exact) mass is 291 g/mol. The maximum Gasteiger partial charge on any atom is 0.179 e. The molecule has 18 heavy (non-hydrogen) atoms. The van der Waals surface area contributed by atoms with E-state index in [4.69, 9.17) is 16.7 Å². The molecule has 0 aromatic heterocycles. The molecule has 0 saturated heterocycles. The molecule has 102 valence electrons. The summed E-state index contributed by atoms with van der Waals surface area (Å²) < 4.78 is 24.1. The largest absolute Gasteiger partial charge is 0.395 e. The van der Waals surface area contributed by atoms with E-state index in [0.717, 1.165) is 0 Å². The van der Waals surface area contributed by atoms with E-state index in [2.05, 4.69) is 0 Å². The van der Waals surface area contributed by atoms with Gasteiger partial charge in [-0.2, -0.15) is 0 Å². The van der Waals surface area contributed by atoms with E-state index < -0.39 is 9.84 Å². The second kappa shape index (κ2) is 6.52. The van der Waals surface area contributed by atoms with Crippen LogP contribution in [-0.4, -0.2) is 50.4 Å². The highest BCUT2D eigenvalue weighted by Gasteiger charge is 2.16. The van der Waals surface area contributed by atoms with Gasteiger partial charge in [-0.05, 0) is 38.2 Å². The molecule has 1 unspecified atom stereocenters. The van der Waals surface area contributed by atoms with Crippen LogP contribution in [0.3, 0.4) is 0 Å². The van der Waals surface area contributed by atoms with Gasteiger partial charge in [0.2, 0.25) is 0 Å². The Morgan fingerprint density at radius 3 is 2.39 bits per heavy atom. The number of hydrogen-bond donors (Lipinski definition) is 1. The Hall–Kier alpha value is -0.620. The summed E-state index contributed by atoms with van der Waals surface area (Å²) in [4.78, 5) is 2.09. The van der Waals surface area contributed by atoms with Crippen LogP contribution in [0.4, 0.5) is 0 Å². The number of likely N-dealkylation sites (N-methyl/N-ethyl adjacent to an activating group) is 1. The number of aliphatic hydroxyl groups is 1. The zero-order valence-corrected chi connectivity index (χ0v) is 12.1. The average molecular weight is 292 g/mol. The fourth-order valence-corrected chi connectivity index (χ4v) is 2.82. The minimum Gasteiger partial charge on any atom is -0.395 e. The maximum absolute atomic E-state index is 12.0. The van der Waals surface area contributed by atoms with Crippen molar-refractivity contribution in [3.63, 3.8) is 0 Å². The molecule has 0 bridgehead atoms. The van der Waals surface area contributed by atoms with Crippen LogP contribution < -0.4 is 0 Å². The fraction of sp³-hybridized carbons (Fsp3) is 0.500. The minimum atomic E-state index is -3.30. The van der Waals surface area contributed by atoms with Gasteiger partial charge in [-0.3, -0.25) is 0 Å². The van der Waals surface area contributed by atoms with Crippen LogP contribution in [0.2, 0.25) is 5.02 Å². The van der Waals surface area contributed by atoms with E-state index in [9.17, 15) is 8.42 Å². The van der Waals surface area contributed by atoms with E-state index in [-0.39, 0.29) is 23.3 Å². The predicted octanol–water partition coefficient (Wildman–Crippen LogP) is 1.43. The van der Waals surface area contributed by atoms with Crippen molar-refractivity contribution < 1.29 is 13.5 Å². The van der Waals surface area contributed by atoms with Crippen molar-refractivity contribution in [1.82, 2.24) is 4.90 Å². The Balaban J connectivity index is 2.68. The Bertz CT molecular complexity index is 473. The normalized spacial score (nSPS) is 13.8. The van der Waals surface area contributed by atoms with Gasteiger partial charge in [0.25, 0.3) is 0 Å². The van der Waals surface area contributed by atoms with Crippen LogP contribution in [0.25, 0.3) is 0 Å². The molecule has 0 amide bonds. The Morgan fingerprint density at radius 2 is 1.89 bits per heavy atom. The zero-order valence-electron chi connectivity index (χ0n) is 10.5. The fourth-order valence-electron chi connectivity index (χ4n) is 1.38. The van der Waals surface area contributed by atoms with Gasteiger partial charge in [0.05, 0.1) is 17.3 Å². The van der Waals surface area contributed by atoms with Crippen LogP contribution >= 0.6 is 11.6 Å². The topological polar surface area (TPSA) is 57.6 Å². The number of halogens is 1. The summed E-state index contributed by atoms with van der Waals surface area (Å²) in [5.74, 6) is 0.0233. The van der Waals surface area contributed by atoms with E-state index in [1.165, 1.54) is 12.1 Å². The Kier molecular flexibility index (Phi) is 5.59.